The van der Waals surface area contributed by atoms with Gasteiger partial charge in [0.15, 0.2) is 6.61 Å². The van der Waals surface area contributed by atoms with Crippen molar-refractivity contribution in [2.45, 2.75) is 32.6 Å². The van der Waals surface area contributed by atoms with Crippen molar-refractivity contribution in [2.24, 2.45) is 0 Å². The van der Waals surface area contributed by atoms with Gasteiger partial charge in [0, 0.05) is 18.3 Å². The average molecular weight is 518 g/mol. The van der Waals surface area contributed by atoms with Crippen LogP contribution >= 0.6 is 11.6 Å². The Labute approximate surface area is 220 Å². The summed E-state index contributed by atoms with van der Waals surface area (Å²) in [4.78, 5) is 37.3. The van der Waals surface area contributed by atoms with Gasteiger partial charge in [0.2, 0.25) is 5.78 Å². The minimum atomic E-state index is -1.09. The monoisotopic (exact) mass is 517 g/mol. The molecule has 0 aliphatic rings. The molecule has 0 N–H and O–H groups in total. The molecule has 0 unspecified atom stereocenters. The molecule has 0 bridgehead atoms. The molecule has 0 radical (unpaired) electrons. The number of pyridine rings is 1. The summed E-state index contributed by atoms with van der Waals surface area (Å²) in [6.45, 7) is 5.61. The number of aromatic nitrogens is 1. The van der Waals surface area contributed by atoms with Crippen LogP contribution in [0.1, 0.15) is 48.0 Å². The molecule has 0 atom stereocenters. The second-order valence-electron chi connectivity index (χ2n) is 9.71. The number of benzene rings is 2. The Hall–Kier alpha value is -3.90. The third kappa shape index (κ3) is 5.30. The number of ether oxygens (including phenoxy) is 2. The SMILES string of the molecule is COC(=O)COc1cccn2c(Cc3ccccc3-c3ccccc3)c(C(C)(C)C)c(C(=O)C(=O)Cl)c12. The number of esters is 1. The Balaban J connectivity index is 2.00. The molecule has 0 fully saturated rings. The molecule has 2 aromatic heterocycles. The quantitative estimate of drug-likeness (QED) is 0.124. The Bertz CT molecular complexity index is 1480. The lowest BCUT2D eigenvalue weighted by Gasteiger charge is -2.22. The number of halogens is 1. The Kier molecular flexibility index (Phi) is 7.50. The number of Topliss-reactive ketones (excluding diaryl/α,β-unsaturated/α-hetero) is 1. The number of nitrogens with zero attached hydrogens (tertiary/aromatic N) is 1. The minimum Gasteiger partial charge on any atom is -0.480 e. The van der Waals surface area contributed by atoms with Crippen LogP contribution < -0.4 is 4.74 Å². The van der Waals surface area contributed by atoms with Gasteiger partial charge in [-0.3, -0.25) is 9.59 Å². The molecule has 4 aromatic rings. The molecule has 2 aromatic carbocycles. The molecule has 0 aliphatic heterocycles. The first-order valence-corrected chi connectivity index (χ1v) is 12.2. The summed E-state index contributed by atoms with van der Waals surface area (Å²) in [6.07, 6.45) is 2.30. The summed E-state index contributed by atoms with van der Waals surface area (Å²) in [7, 11) is 1.27. The largest absolute Gasteiger partial charge is 0.480 e. The normalized spacial score (nSPS) is 11.4. The zero-order valence-electron chi connectivity index (χ0n) is 21.2. The van der Waals surface area contributed by atoms with Crippen molar-refractivity contribution in [3.05, 3.63) is 95.3 Å². The predicted octanol–water partition coefficient (Wildman–Crippen LogP) is 5.99. The summed E-state index contributed by atoms with van der Waals surface area (Å²) in [6, 6.07) is 21.6. The number of rotatable bonds is 8. The van der Waals surface area contributed by atoms with E-state index in [0.717, 1.165) is 22.4 Å². The summed E-state index contributed by atoms with van der Waals surface area (Å²) >= 11 is 5.75. The van der Waals surface area contributed by atoms with Crippen molar-refractivity contribution in [3.63, 3.8) is 0 Å². The van der Waals surface area contributed by atoms with E-state index in [4.69, 9.17) is 21.1 Å². The second kappa shape index (κ2) is 10.6. The van der Waals surface area contributed by atoms with E-state index in [1.807, 2.05) is 61.7 Å². The van der Waals surface area contributed by atoms with Crippen LogP contribution in [-0.4, -0.2) is 35.1 Å². The van der Waals surface area contributed by atoms with Crippen molar-refractivity contribution in [1.29, 1.82) is 0 Å². The number of hydrogen-bond donors (Lipinski definition) is 0. The Morgan fingerprint density at radius 2 is 1.59 bits per heavy atom. The van der Waals surface area contributed by atoms with Gasteiger partial charge in [-0.15, -0.1) is 0 Å². The number of methoxy groups -OCH3 is 1. The van der Waals surface area contributed by atoms with Crippen LogP contribution in [0.2, 0.25) is 0 Å². The van der Waals surface area contributed by atoms with Gasteiger partial charge in [-0.05, 0) is 51.4 Å². The molecular weight excluding hydrogens is 490 g/mol. The van der Waals surface area contributed by atoms with Gasteiger partial charge in [-0.1, -0.05) is 75.4 Å². The molecule has 0 aliphatic carbocycles. The number of carbonyl (C=O) groups excluding carboxylic acids is 3. The van der Waals surface area contributed by atoms with E-state index in [2.05, 4.69) is 24.3 Å². The summed E-state index contributed by atoms with van der Waals surface area (Å²) < 4.78 is 12.3. The summed E-state index contributed by atoms with van der Waals surface area (Å²) in [5, 5.41) is -1.09. The summed E-state index contributed by atoms with van der Waals surface area (Å²) in [5.74, 6) is -1.11. The first-order valence-electron chi connectivity index (χ1n) is 11.9. The van der Waals surface area contributed by atoms with E-state index >= 15 is 0 Å². The zero-order chi connectivity index (χ0) is 26.7. The standard InChI is InChI=1S/C30H28ClNO5/c1-30(2,3)26-22(17-20-13-8-9-14-21(20)19-11-6-5-7-12-19)32-16-10-15-23(37-18-24(33)36-4)27(32)25(26)28(34)29(31)35/h5-16H,17-18H2,1-4H3. The summed E-state index contributed by atoms with van der Waals surface area (Å²) in [5.41, 5.74) is 4.76. The lowest BCUT2D eigenvalue weighted by Crippen LogP contribution is -2.20. The lowest BCUT2D eigenvalue weighted by molar-refractivity contribution is -0.142. The topological polar surface area (TPSA) is 74.1 Å². The highest BCUT2D eigenvalue weighted by atomic mass is 35.5. The van der Waals surface area contributed by atoms with Crippen molar-refractivity contribution < 1.29 is 23.9 Å². The lowest BCUT2D eigenvalue weighted by atomic mass is 9.81. The molecule has 0 amide bonds. The van der Waals surface area contributed by atoms with E-state index in [1.165, 1.54) is 7.11 Å². The average Bonchev–Trinajstić information content (AvgIpc) is 3.22. The van der Waals surface area contributed by atoms with Crippen LogP contribution in [0.5, 0.6) is 5.75 Å². The van der Waals surface area contributed by atoms with Gasteiger partial charge < -0.3 is 13.9 Å². The van der Waals surface area contributed by atoms with E-state index < -0.39 is 22.4 Å². The molecule has 0 spiro atoms. The van der Waals surface area contributed by atoms with Crippen molar-refractivity contribution in [1.82, 2.24) is 4.40 Å². The zero-order valence-corrected chi connectivity index (χ0v) is 22.0. The Morgan fingerprint density at radius 3 is 2.24 bits per heavy atom. The van der Waals surface area contributed by atoms with Crippen molar-refractivity contribution in [2.75, 3.05) is 13.7 Å². The van der Waals surface area contributed by atoms with Crippen LogP contribution in [-0.2, 0) is 26.2 Å². The van der Waals surface area contributed by atoms with E-state index in [-0.39, 0.29) is 17.9 Å². The third-order valence-corrected chi connectivity index (χ3v) is 6.38. The molecule has 0 saturated carbocycles. The molecular formula is C30H28ClNO5. The first kappa shape index (κ1) is 26.2. The predicted molar refractivity (Wildman–Crippen MR) is 143 cm³/mol. The molecule has 2 heterocycles. The molecule has 7 heteroatoms. The van der Waals surface area contributed by atoms with Crippen LogP contribution in [0, 0.1) is 0 Å². The second-order valence-corrected chi connectivity index (χ2v) is 10.0. The van der Waals surface area contributed by atoms with Gasteiger partial charge in [-0.25, -0.2) is 4.79 Å². The highest BCUT2D eigenvalue weighted by molar-refractivity contribution is 6.83. The maximum Gasteiger partial charge on any atom is 0.343 e. The molecule has 190 valence electrons. The fourth-order valence-corrected chi connectivity index (χ4v) is 4.80. The maximum absolute atomic E-state index is 13.3. The fourth-order valence-electron chi connectivity index (χ4n) is 4.71. The maximum atomic E-state index is 13.3. The van der Waals surface area contributed by atoms with Gasteiger partial charge >= 0.3 is 5.97 Å². The van der Waals surface area contributed by atoms with Crippen LogP contribution in [0.4, 0.5) is 0 Å². The molecule has 37 heavy (non-hydrogen) atoms. The van der Waals surface area contributed by atoms with Crippen LogP contribution in [0.3, 0.4) is 0 Å². The third-order valence-electron chi connectivity index (χ3n) is 6.21. The van der Waals surface area contributed by atoms with Gasteiger partial charge in [0.05, 0.1) is 18.2 Å². The van der Waals surface area contributed by atoms with E-state index in [1.54, 1.807) is 12.1 Å². The molecule has 4 rings (SSSR count). The smallest absolute Gasteiger partial charge is 0.343 e. The number of ketones is 1. The van der Waals surface area contributed by atoms with E-state index in [9.17, 15) is 14.4 Å². The number of fused-ring (bicyclic) bond motifs is 1. The van der Waals surface area contributed by atoms with Crippen molar-refractivity contribution >= 4 is 34.1 Å². The van der Waals surface area contributed by atoms with Gasteiger partial charge in [-0.2, -0.15) is 0 Å². The number of hydrogen-bond acceptors (Lipinski definition) is 5. The highest BCUT2D eigenvalue weighted by Gasteiger charge is 2.34. The van der Waals surface area contributed by atoms with Gasteiger partial charge in [0.25, 0.3) is 5.24 Å². The first-order chi connectivity index (χ1) is 17.6. The fraction of sp³-hybridized carbons (Fsp3) is 0.233. The van der Waals surface area contributed by atoms with Gasteiger partial charge in [0.1, 0.15) is 5.75 Å². The molecule has 0 saturated heterocycles. The van der Waals surface area contributed by atoms with Crippen LogP contribution in [0.25, 0.3) is 16.6 Å². The highest BCUT2D eigenvalue weighted by Crippen LogP contribution is 2.40. The van der Waals surface area contributed by atoms with Crippen molar-refractivity contribution in [3.8, 4) is 16.9 Å². The van der Waals surface area contributed by atoms with Crippen LogP contribution in [0.15, 0.2) is 72.9 Å². The Morgan fingerprint density at radius 1 is 0.919 bits per heavy atom. The minimum absolute atomic E-state index is 0.181. The number of carbonyl (C=O) groups is 3. The molecule has 6 nitrogen and oxygen atoms in total. The van der Waals surface area contributed by atoms with E-state index in [0.29, 0.717) is 17.5 Å².